The fourth-order valence-electron chi connectivity index (χ4n) is 4.47. The van der Waals surface area contributed by atoms with Gasteiger partial charge in [-0.3, -0.25) is 24.5 Å². The molecule has 5 aromatic rings. The fourth-order valence-corrected chi connectivity index (χ4v) is 5.73. The van der Waals surface area contributed by atoms with Crippen molar-refractivity contribution >= 4 is 64.2 Å². The molecule has 0 saturated carbocycles. The van der Waals surface area contributed by atoms with Crippen LogP contribution in [0.2, 0.25) is 5.02 Å². The highest BCUT2D eigenvalue weighted by atomic mass is 35.5. The lowest BCUT2D eigenvalue weighted by atomic mass is 10.1. The number of carbonyl (C=O) groups is 3. The first-order chi connectivity index (χ1) is 23.2. The minimum Gasteiger partial charge on any atom is -0.325 e. The third-order valence-electron chi connectivity index (χ3n) is 6.82. The highest BCUT2D eigenvalue weighted by Crippen LogP contribution is 2.37. The molecule has 0 fully saturated rings. The molecule has 0 aliphatic heterocycles. The zero-order valence-corrected chi connectivity index (χ0v) is 26.5. The Morgan fingerprint density at radius 3 is 2.12 bits per heavy atom. The summed E-state index contributed by atoms with van der Waals surface area (Å²) in [4.78, 5) is 51.3. The number of amides is 3. The Labute approximate surface area is 284 Å². The van der Waals surface area contributed by atoms with E-state index in [0.29, 0.717) is 33.0 Å². The second-order valence-corrected chi connectivity index (χ2v) is 11.8. The first-order valence-electron chi connectivity index (χ1n) is 14.4. The fraction of sp³-hybridized carbons (Fsp3) is 0.0278. The van der Waals surface area contributed by atoms with Crippen LogP contribution in [-0.2, 0) is 9.59 Å². The molecule has 9 nitrogen and oxygen atoms in total. The van der Waals surface area contributed by atoms with Crippen LogP contribution in [0.15, 0.2) is 138 Å². The average Bonchev–Trinajstić information content (AvgIpc) is 3.09. The van der Waals surface area contributed by atoms with Gasteiger partial charge in [0.1, 0.15) is 16.8 Å². The van der Waals surface area contributed by atoms with E-state index in [-0.39, 0.29) is 22.3 Å². The van der Waals surface area contributed by atoms with E-state index in [9.17, 15) is 28.9 Å². The van der Waals surface area contributed by atoms with Crippen LogP contribution in [0.25, 0.3) is 6.08 Å². The zero-order chi connectivity index (χ0) is 34.0. The predicted molar refractivity (Wildman–Crippen MR) is 185 cm³/mol. The lowest BCUT2D eigenvalue weighted by Crippen LogP contribution is -2.30. The number of benzene rings is 5. The minimum absolute atomic E-state index is 0.102. The summed E-state index contributed by atoms with van der Waals surface area (Å²) in [6.07, 6.45) is 1.41. The molecule has 0 radical (unpaired) electrons. The largest absolute Gasteiger partial charge is 0.325 e. The summed E-state index contributed by atoms with van der Waals surface area (Å²) in [5, 5.41) is 18.5. The number of hydrogen-bond acceptors (Lipinski definition) is 6. The van der Waals surface area contributed by atoms with Crippen molar-refractivity contribution < 1.29 is 23.7 Å². The first-order valence-corrected chi connectivity index (χ1v) is 15.6. The van der Waals surface area contributed by atoms with Crippen LogP contribution < -0.4 is 16.0 Å². The maximum atomic E-state index is 13.7. The number of halogens is 2. The standard InChI is InChI=1S/C36H26ClFN4O5S/c37-30-22-27(16-19-31(30)38)40-36(45)33(24-8-3-1-4-9-24)48-29-13-7-12-26(21-29)39-35(44)32(41-34(43)25-10-5-2-6-11-25)20-23-14-17-28(18-15-23)42(46)47/h1-22,33H,(H,39,44)(H,40,45)(H,41,43)/b32-20+. The van der Waals surface area contributed by atoms with Crippen LogP contribution in [0.3, 0.4) is 0 Å². The van der Waals surface area contributed by atoms with Gasteiger partial charge in [0, 0.05) is 34.0 Å². The highest BCUT2D eigenvalue weighted by molar-refractivity contribution is 8.00. The Morgan fingerprint density at radius 1 is 0.792 bits per heavy atom. The number of carbonyl (C=O) groups excluding carboxylic acids is 3. The van der Waals surface area contributed by atoms with Gasteiger partial charge in [-0.2, -0.15) is 0 Å². The van der Waals surface area contributed by atoms with E-state index in [1.165, 1.54) is 60.3 Å². The Hall–Kier alpha value is -5.78. The third kappa shape index (κ3) is 8.93. The monoisotopic (exact) mass is 680 g/mol. The van der Waals surface area contributed by atoms with Crippen LogP contribution in [0.1, 0.15) is 26.7 Å². The SMILES string of the molecule is O=C(Nc1cccc(SC(C(=O)Nc2ccc(F)c(Cl)c2)c2ccccc2)c1)/C(=C\c1ccc([N+](=O)[O-])cc1)NC(=O)c1ccccc1. The number of anilines is 2. The zero-order valence-electron chi connectivity index (χ0n) is 24.9. The second kappa shape index (κ2) is 15.7. The topological polar surface area (TPSA) is 130 Å². The van der Waals surface area contributed by atoms with Gasteiger partial charge in [-0.15, -0.1) is 11.8 Å². The van der Waals surface area contributed by atoms with Crippen LogP contribution in [0, 0.1) is 15.9 Å². The van der Waals surface area contributed by atoms with Gasteiger partial charge >= 0.3 is 0 Å². The summed E-state index contributed by atoms with van der Waals surface area (Å²) >= 11 is 7.14. The lowest BCUT2D eigenvalue weighted by molar-refractivity contribution is -0.384. The van der Waals surface area contributed by atoms with Gasteiger partial charge in [-0.05, 0) is 77.9 Å². The molecule has 1 atom stereocenters. The van der Waals surface area contributed by atoms with E-state index in [2.05, 4.69) is 16.0 Å². The number of non-ortho nitro benzene ring substituents is 1. The van der Waals surface area contributed by atoms with Crippen LogP contribution in [0.4, 0.5) is 21.5 Å². The molecule has 0 bridgehead atoms. The van der Waals surface area contributed by atoms with E-state index in [0.717, 1.165) is 0 Å². The molecule has 0 aliphatic carbocycles. The smallest absolute Gasteiger partial charge is 0.272 e. The number of nitro groups is 1. The summed E-state index contributed by atoms with van der Waals surface area (Å²) in [6.45, 7) is 0. The van der Waals surface area contributed by atoms with Crippen molar-refractivity contribution in [2.24, 2.45) is 0 Å². The highest BCUT2D eigenvalue weighted by Gasteiger charge is 2.23. The van der Waals surface area contributed by atoms with Crippen molar-refractivity contribution in [3.05, 3.63) is 171 Å². The molecule has 48 heavy (non-hydrogen) atoms. The second-order valence-electron chi connectivity index (χ2n) is 10.2. The maximum Gasteiger partial charge on any atom is 0.272 e. The van der Waals surface area contributed by atoms with Crippen LogP contribution >= 0.6 is 23.4 Å². The van der Waals surface area contributed by atoms with Crippen molar-refractivity contribution in [3.8, 4) is 0 Å². The Morgan fingerprint density at radius 2 is 1.46 bits per heavy atom. The molecule has 12 heteroatoms. The van der Waals surface area contributed by atoms with Crippen LogP contribution in [0.5, 0.6) is 0 Å². The van der Waals surface area contributed by atoms with Gasteiger partial charge in [0.2, 0.25) is 5.91 Å². The third-order valence-corrected chi connectivity index (χ3v) is 8.35. The lowest BCUT2D eigenvalue weighted by Gasteiger charge is -2.18. The summed E-state index contributed by atoms with van der Waals surface area (Å²) < 4.78 is 13.7. The van der Waals surface area contributed by atoms with Crippen LogP contribution in [-0.4, -0.2) is 22.6 Å². The van der Waals surface area contributed by atoms with Gasteiger partial charge in [-0.25, -0.2) is 4.39 Å². The number of thioether (sulfide) groups is 1. The summed E-state index contributed by atoms with van der Waals surface area (Å²) in [5.74, 6) is -2.15. The van der Waals surface area contributed by atoms with E-state index in [4.69, 9.17) is 11.6 Å². The van der Waals surface area contributed by atoms with Gasteiger partial charge in [-0.1, -0.05) is 66.2 Å². The van der Waals surface area contributed by atoms with Gasteiger partial charge in [0.05, 0.1) is 9.95 Å². The molecule has 1 unspecified atom stereocenters. The van der Waals surface area contributed by atoms with E-state index < -0.39 is 27.8 Å². The Kier molecular flexibility index (Phi) is 11.0. The summed E-state index contributed by atoms with van der Waals surface area (Å²) in [7, 11) is 0. The molecule has 3 amide bonds. The predicted octanol–water partition coefficient (Wildman–Crippen LogP) is 8.27. The van der Waals surface area contributed by atoms with Crippen molar-refractivity contribution in [1.29, 1.82) is 0 Å². The quantitative estimate of drug-likeness (QED) is 0.0557. The van der Waals surface area contributed by atoms with E-state index >= 15 is 0 Å². The van der Waals surface area contributed by atoms with Crippen molar-refractivity contribution in [1.82, 2.24) is 5.32 Å². The van der Waals surface area contributed by atoms with Gasteiger partial charge < -0.3 is 16.0 Å². The molecule has 0 saturated heterocycles. The molecule has 240 valence electrons. The molecular weight excluding hydrogens is 655 g/mol. The summed E-state index contributed by atoms with van der Waals surface area (Å²) in [5.41, 5.74) is 1.97. The van der Waals surface area contributed by atoms with Crippen molar-refractivity contribution in [2.45, 2.75) is 10.1 Å². The molecular formula is C36H26ClFN4O5S. The first kappa shape index (κ1) is 33.6. The van der Waals surface area contributed by atoms with E-state index in [1.54, 1.807) is 54.6 Å². The number of nitrogens with one attached hydrogen (secondary N) is 3. The molecule has 0 aliphatic rings. The van der Waals surface area contributed by atoms with Crippen molar-refractivity contribution in [2.75, 3.05) is 10.6 Å². The molecule has 0 aromatic heterocycles. The van der Waals surface area contributed by atoms with Crippen molar-refractivity contribution in [3.63, 3.8) is 0 Å². The van der Waals surface area contributed by atoms with Gasteiger partial charge in [0.25, 0.3) is 17.5 Å². The van der Waals surface area contributed by atoms with Gasteiger partial charge in [0.15, 0.2) is 0 Å². The maximum absolute atomic E-state index is 13.7. The molecule has 5 rings (SSSR count). The molecule has 0 spiro atoms. The Balaban J connectivity index is 1.38. The number of rotatable bonds is 11. The van der Waals surface area contributed by atoms with E-state index in [1.807, 2.05) is 30.3 Å². The minimum atomic E-state index is -0.733. The summed E-state index contributed by atoms with van der Waals surface area (Å²) in [6, 6.07) is 33.7. The number of hydrogen-bond donors (Lipinski definition) is 3. The number of nitro benzene ring substituents is 1. The molecule has 0 heterocycles. The average molecular weight is 681 g/mol. The normalized spacial score (nSPS) is 11.7. The number of nitrogens with zero attached hydrogens (tertiary/aromatic N) is 1. The molecule has 3 N–H and O–H groups in total. The molecule has 5 aromatic carbocycles. The Bertz CT molecular complexity index is 1990.